The molecule has 13 heteroatoms. The Bertz CT molecular complexity index is 1850. The fraction of sp³-hybridized carbons (Fsp3) is 0.212. The molecule has 0 spiro atoms. The highest BCUT2D eigenvalue weighted by molar-refractivity contribution is 7.92. The second-order valence-corrected chi connectivity index (χ2v) is 11.9. The molecule has 4 aromatic carbocycles. The number of anilines is 2. The molecule has 0 fully saturated rings. The summed E-state index contributed by atoms with van der Waals surface area (Å²) in [6.07, 6.45) is 0.501. The van der Waals surface area contributed by atoms with Gasteiger partial charge in [-0.1, -0.05) is 24.3 Å². The van der Waals surface area contributed by atoms with Crippen LogP contribution in [0.4, 0.5) is 15.8 Å². The maximum absolute atomic E-state index is 14.2. The molecule has 1 aliphatic rings. The van der Waals surface area contributed by atoms with Crippen LogP contribution in [0.3, 0.4) is 0 Å². The monoisotopic (exact) mass is 649 g/mol. The number of fused-ring (bicyclic) bond motifs is 1. The summed E-state index contributed by atoms with van der Waals surface area (Å²) in [5.74, 6) is -0.0906. The smallest absolute Gasteiger partial charge is 0.264 e. The van der Waals surface area contributed by atoms with Crippen LogP contribution in [0.15, 0.2) is 89.8 Å². The minimum atomic E-state index is -4.39. The predicted molar refractivity (Wildman–Crippen MR) is 169 cm³/mol. The topological polar surface area (TPSA) is 132 Å². The van der Waals surface area contributed by atoms with Gasteiger partial charge in [0, 0.05) is 12.6 Å². The summed E-state index contributed by atoms with van der Waals surface area (Å²) in [5, 5.41) is 5.48. The van der Waals surface area contributed by atoms with Gasteiger partial charge in [-0.3, -0.25) is 13.9 Å². The molecule has 1 aliphatic heterocycles. The molecule has 11 nitrogen and oxygen atoms in total. The average molecular weight is 650 g/mol. The number of rotatable bonds is 12. The summed E-state index contributed by atoms with van der Waals surface area (Å²) in [6, 6.07) is 20.8. The number of benzene rings is 4. The highest BCUT2D eigenvalue weighted by Crippen LogP contribution is 2.34. The van der Waals surface area contributed by atoms with Crippen LogP contribution in [-0.2, 0) is 21.2 Å². The van der Waals surface area contributed by atoms with E-state index >= 15 is 0 Å². The molecule has 0 atom stereocenters. The maximum atomic E-state index is 14.2. The largest absolute Gasteiger partial charge is 0.493 e. The Labute approximate surface area is 265 Å². The Kier molecular flexibility index (Phi) is 9.91. The number of sulfonamides is 1. The van der Waals surface area contributed by atoms with Gasteiger partial charge in [0.15, 0.2) is 23.0 Å². The Morgan fingerprint density at radius 1 is 0.870 bits per heavy atom. The number of nitrogens with one attached hydrogen (secondary N) is 2. The first-order chi connectivity index (χ1) is 22.2. The molecule has 1 heterocycles. The molecule has 2 N–H and O–H groups in total. The molecule has 2 amide bonds. The lowest BCUT2D eigenvalue weighted by Gasteiger charge is -2.25. The number of carbonyl (C=O) groups excluding carboxylic acids is 2. The quantitative estimate of drug-likeness (QED) is 0.231. The van der Waals surface area contributed by atoms with Crippen molar-refractivity contribution in [3.8, 4) is 23.0 Å². The van der Waals surface area contributed by atoms with Crippen LogP contribution in [0.5, 0.6) is 23.0 Å². The first kappa shape index (κ1) is 32.1. The molecule has 0 saturated heterocycles. The summed E-state index contributed by atoms with van der Waals surface area (Å²) < 4.78 is 64.4. The van der Waals surface area contributed by atoms with E-state index in [0.717, 1.165) is 15.9 Å². The van der Waals surface area contributed by atoms with E-state index in [1.165, 1.54) is 48.5 Å². The summed E-state index contributed by atoms with van der Waals surface area (Å²) in [5.41, 5.74) is 1.20. The maximum Gasteiger partial charge on any atom is 0.264 e. The van der Waals surface area contributed by atoms with Crippen LogP contribution in [0.2, 0.25) is 0 Å². The Morgan fingerprint density at radius 3 is 2.39 bits per heavy atom. The van der Waals surface area contributed by atoms with E-state index < -0.39 is 34.2 Å². The molecular formula is C33H32FN3O8S. The van der Waals surface area contributed by atoms with Crippen molar-refractivity contribution in [3.63, 3.8) is 0 Å². The number of amides is 2. The number of nitrogens with zero attached hydrogens (tertiary/aromatic N) is 1. The van der Waals surface area contributed by atoms with Crippen molar-refractivity contribution < 1.29 is 41.3 Å². The number of halogens is 1. The molecule has 5 rings (SSSR count). The summed E-state index contributed by atoms with van der Waals surface area (Å²) >= 11 is 0. The highest BCUT2D eigenvalue weighted by atomic mass is 32.2. The van der Waals surface area contributed by atoms with Gasteiger partial charge in [-0.25, -0.2) is 12.8 Å². The van der Waals surface area contributed by atoms with Crippen molar-refractivity contribution in [2.45, 2.75) is 11.3 Å². The lowest BCUT2D eigenvalue weighted by Crippen LogP contribution is -2.38. The van der Waals surface area contributed by atoms with Gasteiger partial charge >= 0.3 is 0 Å². The average Bonchev–Trinajstić information content (AvgIpc) is 3.07. The molecule has 0 radical (unpaired) electrons. The van der Waals surface area contributed by atoms with Crippen LogP contribution in [0.25, 0.3) is 0 Å². The van der Waals surface area contributed by atoms with E-state index in [2.05, 4.69) is 10.6 Å². The number of hydrogen-bond acceptors (Lipinski definition) is 8. The van der Waals surface area contributed by atoms with Gasteiger partial charge in [0.1, 0.15) is 25.6 Å². The molecular weight excluding hydrogens is 617 g/mol. The third-order valence-corrected chi connectivity index (χ3v) is 8.85. The van der Waals surface area contributed by atoms with Crippen LogP contribution in [-0.4, -0.2) is 60.8 Å². The van der Waals surface area contributed by atoms with Crippen LogP contribution >= 0.6 is 0 Å². The van der Waals surface area contributed by atoms with E-state index in [1.54, 1.807) is 32.4 Å². The van der Waals surface area contributed by atoms with E-state index in [9.17, 15) is 22.4 Å². The third kappa shape index (κ3) is 7.32. The molecule has 0 aromatic heterocycles. The van der Waals surface area contributed by atoms with Crippen LogP contribution < -0.4 is 33.9 Å². The van der Waals surface area contributed by atoms with E-state index in [0.29, 0.717) is 30.3 Å². The van der Waals surface area contributed by atoms with Gasteiger partial charge in [-0.05, 0) is 66.6 Å². The zero-order chi connectivity index (χ0) is 32.7. The minimum absolute atomic E-state index is 0.0637. The Hall–Kier alpha value is -5.30. The zero-order valence-corrected chi connectivity index (χ0v) is 25.9. The third-order valence-electron chi connectivity index (χ3n) is 7.08. The standard InChI is InChI=1S/C33H32FN3O8S/c1-42-28-12-10-22(18-30(28)43-2)14-15-35-33(39)26-8-3-4-9-27(26)36-32(38)21-37(24-7-5-6-23(34)19-24)46(40,41)25-11-13-29-31(20-25)45-17-16-44-29/h3-13,18-20H,14-17,21H2,1-2H3,(H,35,39)(H,36,38). The van der Waals surface area contributed by atoms with Gasteiger partial charge in [-0.15, -0.1) is 0 Å². The molecule has 240 valence electrons. The van der Waals surface area contributed by atoms with Crippen LogP contribution in [0, 0.1) is 5.82 Å². The van der Waals surface area contributed by atoms with Crippen molar-refractivity contribution in [2.24, 2.45) is 0 Å². The van der Waals surface area contributed by atoms with Crippen molar-refractivity contribution >= 4 is 33.2 Å². The SMILES string of the molecule is COc1ccc(CCNC(=O)c2ccccc2NC(=O)CN(c2cccc(F)c2)S(=O)(=O)c2ccc3c(c2)OCCO3)cc1OC. The summed E-state index contributed by atoms with van der Waals surface area (Å²) in [6.45, 7) is 0.148. The first-order valence-corrected chi connectivity index (χ1v) is 15.7. The fourth-order valence-corrected chi connectivity index (χ4v) is 6.25. The van der Waals surface area contributed by atoms with Crippen molar-refractivity contribution in [1.29, 1.82) is 0 Å². The van der Waals surface area contributed by atoms with Gasteiger partial charge < -0.3 is 29.6 Å². The van der Waals surface area contributed by atoms with Gasteiger partial charge in [0.25, 0.3) is 15.9 Å². The van der Waals surface area contributed by atoms with E-state index in [4.69, 9.17) is 18.9 Å². The zero-order valence-electron chi connectivity index (χ0n) is 25.1. The summed E-state index contributed by atoms with van der Waals surface area (Å²) in [4.78, 5) is 26.3. The van der Waals surface area contributed by atoms with Crippen molar-refractivity contribution in [2.75, 3.05) is 50.1 Å². The minimum Gasteiger partial charge on any atom is -0.493 e. The number of ether oxygens (including phenoxy) is 4. The van der Waals surface area contributed by atoms with E-state index in [-0.39, 0.29) is 40.7 Å². The second-order valence-electron chi connectivity index (χ2n) is 10.1. The number of hydrogen-bond donors (Lipinski definition) is 2. The number of carbonyl (C=O) groups is 2. The molecule has 0 aliphatic carbocycles. The van der Waals surface area contributed by atoms with Crippen LogP contribution in [0.1, 0.15) is 15.9 Å². The summed E-state index contributed by atoms with van der Waals surface area (Å²) in [7, 11) is -1.30. The predicted octanol–water partition coefficient (Wildman–Crippen LogP) is 4.42. The Morgan fingerprint density at radius 2 is 1.63 bits per heavy atom. The van der Waals surface area contributed by atoms with Gasteiger partial charge in [0.05, 0.1) is 36.1 Å². The number of para-hydroxylation sites is 1. The lowest BCUT2D eigenvalue weighted by atomic mass is 10.1. The molecule has 0 unspecified atom stereocenters. The van der Waals surface area contributed by atoms with Crippen molar-refractivity contribution in [1.82, 2.24) is 5.32 Å². The Balaban J connectivity index is 1.32. The normalized spacial score (nSPS) is 12.2. The van der Waals surface area contributed by atoms with Crippen molar-refractivity contribution in [3.05, 3.63) is 102 Å². The first-order valence-electron chi connectivity index (χ1n) is 14.3. The van der Waals surface area contributed by atoms with Gasteiger partial charge in [-0.2, -0.15) is 0 Å². The highest BCUT2D eigenvalue weighted by Gasteiger charge is 2.29. The lowest BCUT2D eigenvalue weighted by molar-refractivity contribution is -0.114. The van der Waals surface area contributed by atoms with E-state index in [1.807, 2.05) is 12.1 Å². The van der Waals surface area contributed by atoms with Gasteiger partial charge in [0.2, 0.25) is 5.91 Å². The molecule has 0 saturated carbocycles. The fourth-order valence-electron chi connectivity index (χ4n) is 4.82. The molecule has 4 aromatic rings. The molecule has 0 bridgehead atoms. The number of methoxy groups -OCH3 is 2. The second kappa shape index (κ2) is 14.2. The molecule has 46 heavy (non-hydrogen) atoms.